The monoisotopic (exact) mass is 355 g/mol. The minimum atomic E-state index is 0.494. The fourth-order valence-corrected chi connectivity index (χ4v) is 3.70. The van der Waals surface area contributed by atoms with Crippen molar-refractivity contribution in [2.75, 3.05) is 19.5 Å². The molecular formula is C16H26BrN3O. The lowest BCUT2D eigenvalue weighted by atomic mass is 9.80. The number of nitrogens with zero attached hydrogens (tertiary/aromatic N) is 2. The molecule has 0 atom stereocenters. The van der Waals surface area contributed by atoms with E-state index in [1.165, 1.54) is 38.5 Å². The van der Waals surface area contributed by atoms with E-state index >= 15 is 0 Å². The van der Waals surface area contributed by atoms with E-state index in [0.717, 1.165) is 27.7 Å². The van der Waals surface area contributed by atoms with Crippen LogP contribution in [-0.4, -0.2) is 24.1 Å². The van der Waals surface area contributed by atoms with Crippen LogP contribution in [0.5, 0.6) is 0 Å². The third-order valence-corrected chi connectivity index (χ3v) is 5.20. The van der Waals surface area contributed by atoms with Crippen molar-refractivity contribution < 1.29 is 4.74 Å². The Morgan fingerprint density at radius 3 is 2.52 bits per heavy atom. The molecule has 0 bridgehead atoms. The zero-order valence-corrected chi connectivity index (χ0v) is 14.9. The number of hydrogen-bond acceptors (Lipinski definition) is 4. The second-order valence-corrected chi connectivity index (χ2v) is 6.67. The maximum absolute atomic E-state index is 5.25. The van der Waals surface area contributed by atoms with Gasteiger partial charge in [0.25, 0.3) is 0 Å². The number of halogens is 1. The van der Waals surface area contributed by atoms with Crippen LogP contribution in [0.3, 0.4) is 0 Å². The molecule has 21 heavy (non-hydrogen) atoms. The average molecular weight is 356 g/mol. The summed E-state index contributed by atoms with van der Waals surface area (Å²) in [5.74, 6) is 3.24. The van der Waals surface area contributed by atoms with E-state index in [4.69, 9.17) is 14.7 Å². The van der Waals surface area contributed by atoms with Gasteiger partial charge in [-0.1, -0.05) is 19.8 Å². The summed E-state index contributed by atoms with van der Waals surface area (Å²) in [5, 5.41) is 3.15. The molecule has 0 aliphatic heterocycles. The van der Waals surface area contributed by atoms with Crippen molar-refractivity contribution in [1.82, 2.24) is 9.97 Å². The summed E-state index contributed by atoms with van der Waals surface area (Å²) in [6, 6.07) is 0. The van der Waals surface area contributed by atoms with Gasteiger partial charge in [-0.2, -0.15) is 0 Å². The summed E-state index contributed by atoms with van der Waals surface area (Å²) in [6.07, 6.45) is 7.71. The largest absolute Gasteiger partial charge is 0.378 e. The van der Waals surface area contributed by atoms with Gasteiger partial charge in [0.1, 0.15) is 11.6 Å². The van der Waals surface area contributed by atoms with Crippen molar-refractivity contribution in [2.45, 2.75) is 58.0 Å². The minimum Gasteiger partial charge on any atom is -0.378 e. The van der Waals surface area contributed by atoms with Crippen LogP contribution in [0.25, 0.3) is 0 Å². The molecule has 118 valence electrons. The predicted molar refractivity (Wildman–Crippen MR) is 89.6 cm³/mol. The molecule has 1 aromatic heterocycles. The Kier molecular flexibility index (Phi) is 6.42. The third-order valence-electron chi connectivity index (χ3n) is 4.36. The van der Waals surface area contributed by atoms with E-state index < -0.39 is 0 Å². The van der Waals surface area contributed by atoms with E-state index in [2.05, 4.69) is 28.2 Å². The summed E-state index contributed by atoms with van der Waals surface area (Å²) >= 11 is 3.56. The lowest BCUT2D eigenvalue weighted by molar-refractivity contribution is 0.180. The van der Waals surface area contributed by atoms with E-state index in [1.807, 2.05) is 7.05 Å². The number of aromatic nitrogens is 2. The minimum absolute atomic E-state index is 0.494. The molecule has 1 aliphatic carbocycles. The molecule has 1 aliphatic rings. The second-order valence-electron chi connectivity index (χ2n) is 5.88. The van der Waals surface area contributed by atoms with Gasteiger partial charge in [0.2, 0.25) is 0 Å². The van der Waals surface area contributed by atoms with Gasteiger partial charge in [-0.15, -0.1) is 0 Å². The van der Waals surface area contributed by atoms with Crippen LogP contribution < -0.4 is 5.32 Å². The SMILES string of the molecule is CCCC1CCC(c2nc(COC)c(Br)c(NC)n2)CC1. The quantitative estimate of drug-likeness (QED) is 0.815. The van der Waals surface area contributed by atoms with E-state index in [9.17, 15) is 0 Å². The highest BCUT2D eigenvalue weighted by atomic mass is 79.9. The molecule has 0 unspecified atom stereocenters. The summed E-state index contributed by atoms with van der Waals surface area (Å²) in [5.41, 5.74) is 0.933. The molecule has 1 saturated carbocycles. The number of methoxy groups -OCH3 is 1. The Morgan fingerprint density at radius 1 is 1.24 bits per heavy atom. The van der Waals surface area contributed by atoms with E-state index in [0.29, 0.717) is 12.5 Å². The summed E-state index contributed by atoms with van der Waals surface area (Å²) < 4.78 is 6.16. The molecule has 0 radical (unpaired) electrons. The molecule has 4 nitrogen and oxygen atoms in total. The average Bonchev–Trinajstić information content (AvgIpc) is 2.51. The number of ether oxygens (including phenoxy) is 1. The van der Waals surface area contributed by atoms with Crippen molar-refractivity contribution in [2.24, 2.45) is 5.92 Å². The highest BCUT2D eigenvalue weighted by molar-refractivity contribution is 9.10. The van der Waals surface area contributed by atoms with Crippen LogP contribution in [0.2, 0.25) is 0 Å². The number of hydrogen-bond donors (Lipinski definition) is 1. The fraction of sp³-hybridized carbons (Fsp3) is 0.750. The van der Waals surface area contributed by atoms with Crippen molar-refractivity contribution >= 4 is 21.7 Å². The van der Waals surface area contributed by atoms with E-state index in [1.54, 1.807) is 7.11 Å². The molecule has 1 heterocycles. The molecule has 0 amide bonds. The first-order chi connectivity index (χ1) is 10.2. The van der Waals surface area contributed by atoms with E-state index in [-0.39, 0.29) is 0 Å². The molecule has 0 saturated heterocycles. The highest BCUT2D eigenvalue weighted by Gasteiger charge is 2.25. The van der Waals surface area contributed by atoms with Gasteiger partial charge < -0.3 is 10.1 Å². The lowest BCUT2D eigenvalue weighted by Gasteiger charge is -2.28. The van der Waals surface area contributed by atoms with Gasteiger partial charge >= 0.3 is 0 Å². The molecular weight excluding hydrogens is 330 g/mol. The second kappa shape index (κ2) is 8.08. The first-order valence-electron chi connectivity index (χ1n) is 7.92. The van der Waals surface area contributed by atoms with Crippen molar-refractivity contribution in [3.63, 3.8) is 0 Å². The molecule has 1 aromatic rings. The number of nitrogens with one attached hydrogen (secondary N) is 1. The summed E-state index contributed by atoms with van der Waals surface area (Å²) in [7, 11) is 3.59. The maximum atomic E-state index is 5.25. The molecule has 0 aromatic carbocycles. The lowest BCUT2D eigenvalue weighted by Crippen LogP contribution is -2.17. The topological polar surface area (TPSA) is 47.0 Å². The number of anilines is 1. The smallest absolute Gasteiger partial charge is 0.144 e. The Balaban J connectivity index is 2.14. The third kappa shape index (κ3) is 4.16. The van der Waals surface area contributed by atoms with Crippen molar-refractivity contribution in [1.29, 1.82) is 0 Å². The Bertz CT molecular complexity index is 459. The predicted octanol–water partition coefficient (Wildman–Crippen LogP) is 4.50. The van der Waals surface area contributed by atoms with Gasteiger partial charge in [0.15, 0.2) is 0 Å². The van der Waals surface area contributed by atoms with Crippen LogP contribution in [0.1, 0.15) is 62.9 Å². The van der Waals surface area contributed by atoms with Crippen molar-refractivity contribution in [3.8, 4) is 0 Å². The zero-order valence-electron chi connectivity index (χ0n) is 13.3. The molecule has 2 rings (SSSR count). The molecule has 0 spiro atoms. The molecule has 1 N–H and O–H groups in total. The Hall–Kier alpha value is -0.680. The first kappa shape index (κ1) is 16.7. The van der Waals surface area contributed by atoms with Gasteiger partial charge in [0.05, 0.1) is 16.8 Å². The Morgan fingerprint density at radius 2 is 1.95 bits per heavy atom. The van der Waals surface area contributed by atoms with Gasteiger partial charge in [0, 0.05) is 20.1 Å². The van der Waals surface area contributed by atoms with Gasteiger partial charge in [-0.3, -0.25) is 0 Å². The van der Waals surface area contributed by atoms with Crippen LogP contribution in [0.4, 0.5) is 5.82 Å². The normalized spacial score (nSPS) is 22.3. The van der Waals surface area contributed by atoms with Crippen LogP contribution in [-0.2, 0) is 11.3 Å². The molecule has 1 fully saturated rings. The Labute approximate surface area is 136 Å². The summed E-state index contributed by atoms with van der Waals surface area (Å²) in [4.78, 5) is 9.45. The summed E-state index contributed by atoms with van der Waals surface area (Å²) in [6.45, 7) is 2.79. The highest BCUT2D eigenvalue weighted by Crippen LogP contribution is 2.37. The van der Waals surface area contributed by atoms with Crippen LogP contribution in [0.15, 0.2) is 4.47 Å². The van der Waals surface area contributed by atoms with Crippen molar-refractivity contribution in [3.05, 3.63) is 16.0 Å². The van der Waals surface area contributed by atoms with Crippen LogP contribution in [0, 0.1) is 5.92 Å². The zero-order chi connectivity index (χ0) is 15.2. The van der Waals surface area contributed by atoms with Crippen LogP contribution >= 0.6 is 15.9 Å². The number of rotatable bonds is 6. The van der Waals surface area contributed by atoms with Gasteiger partial charge in [-0.25, -0.2) is 9.97 Å². The maximum Gasteiger partial charge on any atom is 0.144 e. The standard InChI is InChI=1S/C16H26BrN3O/c1-4-5-11-6-8-12(9-7-11)15-19-13(10-21-3)14(17)16(18-2)20-15/h11-12H,4-10H2,1-3H3,(H,18,19,20). The molecule has 5 heteroatoms. The fourth-order valence-electron chi connectivity index (χ4n) is 3.21. The van der Waals surface area contributed by atoms with Gasteiger partial charge in [-0.05, 0) is 47.5 Å². The first-order valence-corrected chi connectivity index (χ1v) is 8.71.